The molecule has 0 aliphatic carbocycles. The van der Waals surface area contributed by atoms with E-state index < -0.39 is 0 Å². The van der Waals surface area contributed by atoms with Crippen LogP contribution in [0.5, 0.6) is 0 Å². The molecule has 172 valence electrons. The lowest BCUT2D eigenvalue weighted by molar-refractivity contribution is 0.435. The van der Waals surface area contributed by atoms with Crippen molar-refractivity contribution in [1.29, 1.82) is 0 Å². The summed E-state index contributed by atoms with van der Waals surface area (Å²) in [6.07, 6.45) is 4.88. The number of nitrogens with one attached hydrogen (secondary N) is 2. The first-order valence-electron chi connectivity index (χ1n) is 11.6. The van der Waals surface area contributed by atoms with E-state index in [1.165, 1.54) is 25.7 Å². The quantitative estimate of drug-likeness (QED) is 0.588. The number of rotatable bonds is 5. The van der Waals surface area contributed by atoms with Crippen LogP contribution < -0.4 is 20.4 Å². The highest BCUT2D eigenvalue weighted by Crippen LogP contribution is 2.28. The second kappa shape index (κ2) is 10.7. The number of thiocarbonyl (C=S) groups is 1. The predicted octanol–water partition coefficient (Wildman–Crippen LogP) is 5.09. The lowest BCUT2D eigenvalue weighted by Crippen LogP contribution is -2.37. The smallest absolute Gasteiger partial charge is 0.232 e. The Bertz CT molecular complexity index is 913. The van der Waals surface area contributed by atoms with Gasteiger partial charge >= 0.3 is 0 Å². The zero-order chi connectivity index (χ0) is 22.5. The van der Waals surface area contributed by atoms with Crippen LogP contribution in [0.4, 0.5) is 17.6 Å². The number of aromatic nitrogens is 2. The van der Waals surface area contributed by atoms with E-state index in [9.17, 15) is 0 Å². The third-order valence-corrected chi connectivity index (χ3v) is 6.88. The van der Waals surface area contributed by atoms with Crippen molar-refractivity contribution in [3.05, 3.63) is 40.9 Å². The molecule has 0 bridgehead atoms. The highest BCUT2D eigenvalue weighted by molar-refractivity contribution is 7.80. The van der Waals surface area contributed by atoms with E-state index in [0.29, 0.717) is 23.5 Å². The number of hydrogen-bond acceptors (Lipinski definition) is 5. The number of nitrogens with zero attached hydrogens (tertiary/aromatic N) is 4. The van der Waals surface area contributed by atoms with Gasteiger partial charge in [0.1, 0.15) is 11.6 Å². The molecule has 2 fully saturated rings. The first kappa shape index (κ1) is 23.1. The maximum Gasteiger partial charge on any atom is 0.232 e. The number of piperidine rings is 2. The van der Waals surface area contributed by atoms with Crippen LogP contribution in [0, 0.1) is 11.8 Å². The van der Waals surface area contributed by atoms with E-state index in [1.807, 2.05) is 24.3 Å². The van der Waals surface area contributed by atoms with Crippen molar-refractivity contribution in [2.24, 2.45) is 11.8 Å². The molecule has 0 saturated carbocycles. The van der Waals surface area contributed by atoms with Crippen molar-refractivity contribution < 1.29 is 0 Å². The molecular formula is C24H33ClN6S. The summed E-state index contributed by atoms with van der Waals surface area (Å²) in [5.74, 6) is 3.99. The molecule has 4 rings (SSSR count). The molecule has 1 atom stereocenters. The van der Waals surface area contributed by atoms with Gasteiger partial charge in [-0.05, 0) is 67.4 Å². The number of benzene rings is 1. The van der Waals surface area contributed by atoms with Crippen molar-refractivity contribution in [1.82, 2.24) is 15.3 Å². The average Bonchev–Trinajstić information content (AvgIpc) is 2.79. The van der Waals surface area contributed by atoms with E-state index in [4.69, 9.17) is 33.8 Å². The Morgan fingerprint density at radius 3 is 2.38 bits per heavy atom. The molecule has 1 aromatic heterocycles. The van der Waals surface area contributed by atoms with Crippen molar-refractivity contribution in [2.75, 3.05) is 41.3 Å². The lowest BCUT2D eigenvalue weighted by atomic mass is 9.99. The van der Waals surface area contributed by atoms with E-state index in [0.717, 1.165) is 54.3 Å². The Kier molecular flexibility index (Phi) is 7.68. The molecule has 3 heterocycles. The normalized spacial score (nSPS) is 19.7. The number of hydrogen-bond donors (Lipinski definition) is 2. The molecule has 0 unspecified atom stereocenters. The summed E-state index contributed by atoms with van der Waals surface area (Å²) in [4.78, 5) is 14.4. The standard InChI is InChI=1S/C24H33ClN6S/c1-17-9-12-30(13-10-17)21-14-22(31-11-3-4-18(2)16-31)28-23(27-21)29-24(32)26-15-19-5-7-20(25)8-6-19/h5-8,14,17-18H,3-4,9-13,15-16H2,1-2H3,(H2,26,27,28,29,32)/t18-/m1/s1. The fraction of sp³-hybridized carbons (Fsp3) is 0.542. The van der Waals surface area contributed by atoms with Gasteiger partial charge in [-0.1, -0.05) is 37.6 Å². The third-order valence-electron chi connectivity index (χ3n) is 6.38. The molecule has 0 amide bonds. The molecule has 6 nitrogen and oxygen atoms in total. The summed E-state index contributed by atoms with van der Waals surface area (Å²) in [6, 6.07) is 9.90. The molecule has 0 radical (unpaired) electrons. The van der Waals surface area contributed by atoms with Gasteiger partial charge in [0.05, 0.1) is 0 Å². The van der Waals surface area contributed by atoms with Gasteiger partial charge in [-0.25, -0.2) is 0 Å². The monoisotopic (exact) mass is 472 g/mol. The first-order valence-corrected chi connectivity index (χ1v) is 12.4. The average molecular weight is 473 g/mol. The number of halogens is 1. The van der Waals surface area contributed by atoms with Crippen LogP contribution in [0.3, 0.4) is 0 Å². The van der Waals surface area contributed by atoms with E-state index in [1.54, 1.807) is 0 Å². The van der Waals surface area contributed by atoms with Gasteiger partial charge in [0, 0.05) is 43.8 Å². The molecule has 2 aliphatic rings. The summed E-state index contributed by atoms with van der Waals surface area (Å²) in [5.41, 5.74) is 1.11. The van der Waals surface area contributed by atoms with Gasteiger partial charge in [-0.15, -0.1) is 0 Å². The van der Waals surface area contributed by atoms with Gasteiger partial charge in [0.25, 0.3) is 0 Å². The van der Waals surface area contributed by atoms with Gasteiger partial charge < -0.3 is 20.4 Å². The predicted molar refractivity (Wildman–Crippen MR) is 138 cm³/mol. The van der Waals surface area contributed by atoms with Crippen LogP contribution >= 0.6 is 23.8 Å². The maximum atomic E-state index is 5.97. The SMILES string of the molecule is CC1CCN(c2cc(N3CCC[C@@H](C)C3)nc(NC(=S)NCc3ccc(Cl)cc3)n2)CC1. The largest absolute Gasteiger partial charge is 0.358 e. The molecular weight excluding hydrogens is 440 g/mol. The van der Waals surface area contributed by atoms with Crippen molar-refractivity contribution in [3.63, 3.8) is 0 Å². The third kappa shape index (κ3) is 6.23. The Balaban J connectivity index is 1.48. The maximum absolute atomic E-state index is 5.97. The fourth-order valence-electron chi connectivity index (χ4n) is 4.37. The van der Waals surface area contributed by atoms with Gasteiger partial charge in [0.15, 0.2) is 5.11 Å². The molecule has 8 heteroatoms. The highest BCUT2D eigenvalue weighted by Gasteiger charge is 2.22. The molecule has 32 heavy (non-hydrogen) atoms. The summed E-state index contributed by atoms with van der Waals surface area (Å²) in [6.45, 7) is 9.40. The summed E-state index contributed by atoms with van der Waals surface area (Å²) < 4.78 is 0. The Morgan fingerprint density at radius 2 is 1.69 bits per heavy atom. The van der Waals surface area contributed by atoms with Crippen LogP contribution in [0.15, 0.2) is 30.3 Å². The summed E-state index contributed by atoms with van der Waals surface area (Å²) in [5, 5.41) is 7.71. The van der Waals surface area contributed by atoms with Crippen LogP contribution in [0.1, 0.15) is 45.1 Å². The number of anilines is 3. The summed E-state index contributed by atoms with van der Waals surface area (Å²) >= 11 is 11.5. The molecule has 2 aromatic rings. The van der Waals surface area contributed by atoms with Gasteiger partial charge in [-0.3, -0.25) is 0 Å². The second-order valence-corrected chi connectivity index (χ2v) is 10.0. The van der Waals surface area contributed by atoms with E-state index in [2.05, 4.69) is 40.3 Å². The topological polar surface area (TPSA) is 56.3 Å². The fourth-order valence-corrected chi connectivity index (χ4v) is 4.66. The minimum Gasteiger partial charge on any atom is -0.358 e. The van der Waals surface area contributed by atoms with E-state index >= 15 is 0 Å². The highest BCUT2D eigenvalue weighted by atomic mass is 35.5. The first-order chi connectivity index (χ1) is 15.5. The molecule has 2 saturated heterocycles. The minimum absolute atomic E-state index is 0.516. The van der Waals surface area contributed by atoms with Gasteiger partial charge in [0.2, 0.25) is 5.95 Å². The zero-order valence-corrected chi connectivity index (χ0v) is 20.6. The molecule has 2 aliphatic heterocycles. The van der Waals surface area contributed by atoms with Crippen LogP contribution in [0.25, 0.3) is 0 Å². The van der Waals surface area contributed by atoms with Crippen LogP contribution in [0.2, 0.25) is 5.02 Å². The van der Waals surface area contributed by atoms with Crippen molar-refractivity contribution >= 4 is 46.5 Å². The molecule has 1 aromatic carbocycles. The van der Waals surface area contributed by atoms with Crippen LogP contribution in [-0.4, -0.2) is 41.3 Å². The van der Waals surface area contributed by atoms with Gasteiger partial charge in [-0.2, -0.15) is 9.97 Å². The Hall–Kier alpha value is -2.12. The van der Waals surface area contributed by atoms with Crippen molar-refractivity contribution in [2.45, 2.75) is 46.1 Å². The Labute approximate surface area is 201 Å². The summed E-state index contributed by atoms with van der Waals surface area (Å²) in [7, 11) is 0. The van der Waals surface area contributed by atoms with Crippen LogP contribution in [-0.2, 0) is 6.54 Å². The molecule has 2 N–H and O–H groups in total. The minimum atomic E-state index is 0.516. The zero-order valence-electron chi connectivity index (χ0n) is 19.0. The second-order valence-electron chi connectivity index (χ2n) is 9.21. The molecule has 0 spiro atoms. The van der Waals surface area contributed by atoms with E-state index in [-0.39, 0.29) is 0 Å². The van der Waals surface area contributed by atoms with Crippen molar-refractivity contribution in [3.8, 4) is 0 Å². The Morgan fingerprint density at radius 1 is 1.00 bits per heavy atom. The lowest BCUT2D eigenvalue weighted by Gasteiger charge is -2.34.